The first-order valence-corrected chi connectivity index (χ1v) is 6.92. The van der Waals surface area contributed by atoms with Crippen molar-refractivity contribution in [3.8, 4) is 0 Å². The molecule has 0 aliphatic rings. The molecule has 2 aromatic carbocycles. The van der Waals surface area contributed by atoms with Gasteiger partial charge in [-0.15, -0.1) is 0 Å². The van der Waals surface area contributed by atoms with Gasteiger partial charge < -0.3 is 4.90 Å². The summed E-state index contributed by atoms with van der Waals surface area (Å²) in [6.45, 7) is 2.75. The summed E-state index contributed by atoms with van der Waals surface area (Å²) < 4.78 is 37.6. The van der Waals surface area contributed by atoms with Crippen molar-refractivity contribution in [1.82, 2.24) is 4.90 Å². The molecule has 116 valence electrons. The number of hydrogen-bond acceptors (Lipinski definition) is 1. The van der Waals surface area contributed by atoms with E-state index in [1.807, 2.05) is 37.3 Å². The molecule has 22 heavy (non-hydrogen) atoms. The van der Waals surface area contributed by atoms with Crippen LogP contribution in [0, 0.1) is 0 Å². The van der Waals surface area contributed by atoms with Crippen LogP contribution in [0.5, 0.6) is 0 Å². The first-order valence-electron chi connectivity index (χ1n) is 6.92. The Morgan fingerprint density at radius 3 is 2.09 bits per heavy atom. The largest absolute Gasteiger partial charge is 0.416 e. The van der Waals surface area contributed by atoms with E-state index in [2.05, 4.69) is 0 Å². The Labute approximate surface area is 127 Å². The SMILES string of the molecule is CCN(Cc1ccccc1)C(=O)c1ccc(C(F)(F)F)cc1. The molecule has 2 nitrogen and oxygen atoms in total. The van der Waals surface area contributed by atoms with E-state index < -0.39 is 11.7 Å². The first kappa shape index (κ1) is 16.1. The average Bonchev–Trinajstić information content (AvgIpc) is 2.52. The molecule has 0 fully saturated rings. The fourth-order valence-electron chi connectivity index (χ4n) is 2.12. The van der Waals surface area contributed by atoms with Crippen molar-refractivity contribution in [2.45, 2.75) is 19.6 Å². The Balaban J connectivity index is 2.15. The summed E-state index contributed by atoms with van der Waals surface area (Å²) in [7, 11) is 0. The summed E-state index contributed by atoms with van der Waals surface area (Å²) in [5.74, 6) is -0.278. The summed E-state index contributed by atoms with van der Waals surface area (Å²) in [6.07, 6.45) is -4.39. The lowest BCUT2D eigenvalue weighted by Crippen LogP contribution is -2.30. The van der Waals surface area contributed by atoms with Gasteiger partial charge in [-0.05, 0) is 36.8 Å². The Bertz CT molecular complexity index is 621. The van der Waals surface area contributed by atoms with Crippen LogP contribution in [0.3, 0.4) is 0 Å². The monoisotopic (exact) mass is 307 g/mol. The number of carbonyl (C=O) groups is 1. The van der Waals surface area contributed by atoms with Crippen molar-refractivity contribution in [3.05, 3.63) is 71.3 Å². The molecule has 0 heterocycles. The fourth-order valence-corrected chi connectivity index (χ4v) is 2.12. The Morgan fingerprint density at radius 1 is 1.00 bits per heavy atom. The highest BCUT2D eigenvalue weighted by Crippen LogP contribution is 2.29. The first-order chi connectivity index (χ1) is 10.4. The van der Waals surface area contributed by atoms with Gasteiger partial charge in [0.25, 0.3) is 5.91 Å². The highest BCUT2D eigenvalue weighted by atomic mass is 19.4. The Kier molecular flexibility index (Phi) is 4.85. The molecule has 2 aromatic rings. The van der Waals surface area contributed by atoms with Crippen molar-refractivity contribution in [3.63, 3.8) is 0 Å². The number of benzene rings is 2. The van der Waals surface area contributed by atoms with Crippen molar-refractivity contribution in [1.29, 1.82) is 0 Å². The van der Waals surface area contributed by atoms with Crippen LogP contribution >= 0.6 is 0 Å². The van der Waals surface area contributed by atoms with Gasteiger partial charge in [-0.25, -0.2) is 0 Å². The molecule has 0 aliphatic carbocycles. The predicted molar refractivity (Wildman–Crippen MR) is 78.3 cm³/mol. The number of hydrogen-bond donors (Lipinski definition) is 0. The Hall–Kier alpha value is -2.30. The second kappa shape index (κ2) is 6.64. The molecule has 0 saturated heterocycles. The van der Waals surface area contributed by atoms with Gasteiger partial charge in [-0.2, -0.15) is 13.2 Å². The molecular formula is C17H16F3NO. The van der Waals surface area contributed by atoms with Gasteiger partial charge in [0.05, 0.1) is 5.56 Å². The number of halogens is 3. The van der Waals surface area contributed by atoms with E-state index >= 15 is 0 Å². The lowest BCUT2D eigenvalue weighted by molar-refractivity contribution is -0.137. The second-order valence-electron chi connectivity index (χ2n) is 4.88. The minimum atomic E-state index is -4.39. The Morgan fingerprint density at radius 2 is 1.59 bits per heavy atom. The van der Waals surface area contributed by atoms with Crippen molar-refractivity contribution in [2.24, 2.45) is 0 Å². The van der Waals surface area contributed by atoms with Gasteiger partial charge in [0.1, 0.15) is 0 Å². The molecule has 0 radical (unpaired) electrons. The summed E-state index contributed by atoms with van der Waals surface area (Å²) >= 11 is 0. The molecule has 2 rings (SSSR count). The van der Waals surface area contributed by atoms with Crippen LogP contribution < -0.4 is 0 Å². The summed E-state index contributed by atoms with van der Waals surface area (Å²) in [6, 6.07) is 13.8. The number of carbonyl (C=O) groups excluding carboxylic acids is 1. The van der Waals surface area contributed by atoms with Crippen LogP contribution in [0.25, 0.3) is 0 Å². The van der Waals surface area contributed by atoms with Crippen LogP contribution in [-0.2, 0) is 12.7 Å². The molecule has 0 aromatic heterocycles. The number of nitrogens with zero attached hydrogens (tertiary/aromatic N) is 1. The predicted octanol–water partition coefficient (Wildman–Crippen LogP) is 4.37. The molecule has 0 aliphatic heterocycles. The maximum atomic E-state index is 12.5. The summed E-state index contributed by atoms with van der Waals surface area (Å²) in [5, 5.41) is 0. The van der Waals surface area contributed by atoms with E-state index in [0.29, 0.717) is 13.1 Å². The molecule has 0 unspecified atom stereocenters. The van der Waals surface area contributed by atoms with Crippen molar-refractivity contribution >= 4 is 5.91 Å². The lowest BCUT2D eigenvalue weighted by Gasteiger charge is -2.21. The van der Waals surface area contributed by atoms with E-state index in [0.717, 1.165) is 17.7 Å². The molecule has 0 saturated carbocycles. The normalized spacial score (nSPS) is 11.3. The van der Waals surface area contributed by atoms with Gasteiger partial charge in [-0.1, -0.05) is 30.3 Å². The average molecular weight is 307 g/mol. The number of alkyl halides is 3. The molecular weight excluding hydrogens is 291 g/mol. The zero-order valence-corrected chi connectivity index (χ0v) is 12.1. The molecule has 0 bridgehead atoms. The van der Waals surface area contributed by atoms with E-state index in [4.69, 9.17) is 0 Å². The smallest absolute Gasteiger partial charge is 0.335 e. The zero-order chi connectivity index (χ0) is 16.2. The van der Waals surface area contributed by atoms with Crippen LogP contribution in [-0.4, -0.2) is 17.4 Å². The highest BCUT2D eigenvalue weighted by Gasteiger charge is 2.30. The maximum Gasteiger partial charge on any atom is 0.416 e. The van der Waals surface area contributed by atoms with E-state index in [-0.39, 0.29) is 11.5 Å². The van der Waals surface area contributed by atoms with Gasteiger partial charge >= 0.3 is 6.18 Å². The van der Waals surface area contributed by atoms with Gasteiger partial charge in [0.2, 0.25) is 0 Å². The van der Waals surface area contributed by atoms with Crippen LogP contribution in [0.2, 0.25) is 0 Å². The van der Waals surface area contributed by atoms with Crippen molar-refractivity contribution < 1.29 is 18.0 Å². The highest BCUT2D eigenvalue weighted by molar-refractivity contribution is 5.94. The van der Waals surface area contributed by atoms with Crippen LogP contribution in [0.15, 0.2) is 54.6 Å². The maximum absolute atomic E-state index is 12.5. The quantitative estimate of drug-likeness (QED) is 0.821. The lowest BCUT2D eigenvalue weighted by atomic mass is 10.1. The molecule has 1 amide bonds. The van der Waals surface area contributed by atoms with Gasteiger partial charge in [0.15, 0.2) is 0 Å². The third kappa shape index (κ3) is 3.87. The van der Waals surface area contributed by atoms with Crippen molar-refractivity contribution in [2.75, 3.05) is 6.54 Å². The zero-order valence-electron chi connectivity index (χ0n) is 12.1. The molecule has 5 heteroatoms. The topological polar surface area (TPSA) is 20.3 Å². The standard InChI is InChI=1S/C17H16F3NO/c1-2-21(12-13-6-4-3-5-7-13)16(22)14-8-10-15(11-9-14)17(18,19)20/h3-11H,2,12H2,1H3. The van der Waals surface area contributed by atoms with Crippen LogP contribution in [0.4, 0.5) is 13.2 Å². The van der Waals surface area contributed by atoms with E-state index in [9.17, 15) is 18.0 Å². The fraction of sp³-hybridized carbons (Fsp3) is 0.235. The van der Waals surface area contributed by atoms with Gasteiger partial charge in [-0.3, -0.25) is 4.79 Å². The third-order valence-corrected chi connectivity index (χ3v) is 3.34. The summed E-state index contributed by atoms with van der Waals surface area (Å²) in [5.41, 5.74) is 0.477. The van der Waals surface area contributed by atoms with Crippen LogP contribution in [0.1, 0.15) is 28.4 Å². The number of rotatable bonds is 4. The van der Waals surface area contributed by atoms with E-state index in [1.54, 1.807) is 4.90 Å². The van der Waals surface area contributed by atoms with Gasteiger partial charge in [0, 0.05) is 18.7 Å². The second-order valence-corrected chi connectivity index (χ2v) is 4.88. The third-order valence-electron chi connectivity index (χ3n) is 3.34. The number of amides is 1. The molecule has 0 N–H and O–H groups in total. The minimum absolute atomic E-state index is 0.255. The summed E-state index contributed by atoms with van der Waals surface area (Å²) in [4.78, 5) is 14.0. The van der Waals surface area contributed by atoms with E-state index in [1.165, 1.54) is 12.1 Å². The molecule has 0 spiro atoms. The minimum Gasteiger partial charge on any atom is -0.335 e. The molecule has 0 atom stereocenters.